The first-order valence-electron chi connectivity index (χ1n) is 6.96. The summed E-state index contributed by atoms with van der Waals surface area (Å²) in [4.78, 5) is 12.5. The molecule has 0 fully saturated rings. The van der Waals surface area contributed by atoms with Crippen LogP contribution < -0.4 is 10.1 Å². The molecule has 3 aromatic rings. The Kier molecular flexibility index (Phi) is 3.97. The maximum atomic E-state index is 12.5. The van der Waals surface area contributed by atoms with E-state index in [2.05, 4.69) is 15.5 Å². The standard InChI is InChI=1S/C17H15N3O3/c1-23-12-7-8-14(15(21)9-12)19-17(22)13-10-18-20-16(13)11-5-3-2-4-6-11/h2-10,21H,1H3,(H,18,20)(H,19,22). The van der Waals surface area contributed by atoms with Crippen LogP contribution in [0.25, 0.3) is 11.3 Å². The number of carbonyl (C=O) groups excluding carboxylic acids is 1. The molecule has 0 aliphatic heterocycles. The average Bonchev–Trinajstić information content (AvgIpc) is 3.07. The van der Waals surface area contributed by atoms with E-state index >= 15 is 0 Å². The highest BCUT2D eigenvalue weighted by molar-refractivity contribution is 6.08. The molecule has 0 saturated heterocycles. The summed E-state index contributed by atoms with van der Waals surface area (Å²) in [6.45, 7) is 0. The number of methoxy groups -OCH3 is 1. The third kappa shape index (κ3) is 3.01. The Balaban J connectivity index is 1.87. The van der Waals surface area contributed by atoms with Gasteiger partial charge in [-0.15, -0.1) is 0 Å². The van der Waals surface area contributed by atoms with Gasteiger partial charge in [0.15, 0.2) is 0 Å². The van der Waals surface area contributed by atoms with Crippen LogP contribution in [0.3, 0.4) is 0 Å². The summed E-state index contributed by atoms with van der Waals surface area (Å²) in [7, 11) is 1.50. The molecule has 0 atom stereocenters. The first-order chi connectivity index (χ1) is 11.2. The minimum atomic E-state index is -0.363. The number of phenolic OH excluding ortho intramolecular Hbond substituents is 1. The molecule has 23 heavy (non-hydrogen) atoms. The molecule has 0 bridgehead atoms. The fourth-order valence-electron chi connectivity index (χ4n) is 2.22. The summed E-state index contributed by atoms with van der Waals surface area (Å²) < 4.78 is 5.02. The molecule has 0 radical (unpaired) electrons. The van der Waals surface area contributed by atoms with Gasteiger partial charge in [0, 0.05) is 11.6 Å². The van der Waals surface area contributed by atoms with Crippen LogP contribution in [0.2, 0.25) is 0 Å². The Morgan fingerprint density at radius 2 is 2.00 bits per heavy atom. The lowest BCUT2D eigenvalue weighted by Gasteiger charge is -2.09. The number of aromatic hydroxyl groups is 1. The van der Waals surface area contributed by atoms with Crippen molar-refractivity contribution in [2.24, 2.45) is 0 Å². The first-order valence-corrected chi connectivity index (χ1v) is 6.96. The molecular weight excluding hydrogens is 294 g/mol. The second-order valence-electron chi connectivity index (χ2n) is 4.86. The van der Waals surface area contributed by atoms with Crippen molar-refractivity contribution >= 4 is 11.6 Å². The van der Waals surface area contributed by atoms with Gasteiger partial charge in [0.25, 0.3) is 5.91 Å². The number of carbonyl (C=O) groups is 1. The Labute approximate surface area is 132 Å². The third-order valence-electron chi connectivity index (χ3n) is 3.40. The van der Waals surface area contributed by atoms with E-state index in [0.717, 1.165) is 5.56 Å². The number of phenols is 1. The second-order valence-corrected chi connectivity index (χ2v) is 4.86. The number of benzene rings is 2. The van der Waals surface area contributed by atoms with Gasteiger partial charge in [0.2, 0.25) is 0 Å². The number of aromatic amines is 1. The van der Waals surface area contributed by atoms with Crippen molar-refractivity contribution in [3.05, 3.63) is 60.3 Å². The Bertz CT molecular complexity index is 828. The lowest BCUT2D eigenvalue weighted by atomic mass is 10.1. The summed E-state index contributed by atoms with van der Waals surface area (Å²) >= 11 is 0. The van der Waals surface area contributed by atoms with Gasteiger partial charge in [0.1, 0.15) is 11.5 Å². The van der Waals surface area contributed by atoms with Crippen molar-refractivity contribution < 1.29 is 14.6 Å². The van der Waals surface area contributed by atoms with Crippen molar-refractivity contribution in [3.8, 4) is 22.8 Å². The number of anilines is 1. The van der Waals surface area contributed by atoms with Crippen LogP contribution in [0.15, 0.2) is 54.7 Å². The van der Waals surface area contributed by atoms with E-state index in [4.69, 9.17) is 4.74 Å². The highest BCUT2D eigenvalue weighted by Gasteiger charge is 2.16. The Hall–Kier alpha value is -3.28. The van der Waals surface area contributed by atoms with Crippen LogP contribution in [0, 0.1) is 0 Å². The number of nitrogens with one attached hydrogen (secondary N) is 2. The molecule has 0 unspecified atom stereocenters. The van der Waals surface area contributed by atoms with Crippen molar-refractivity contribution in [1.29, 1.82) is 0 Å². The number of H-pyrrole nitrogens is 1. The van der Waals surface area contributed by atoms with Gasteiger partial charge >= 0.3 is 0 Å². The van der Waals surface area contributed by atoms with Crippen LogP contribution in [0.4, 0.5) is 5.69 Å². The predicted molar refractivity (Wildman–Crippen MR) is 86.6 cm³/mol. The topological polar surface area (TPSA) is 87.2 Å². The molecule has 0 saturated carbocycles. The van der Waals surface area contributed by atoms with E-state index < -0.39 is 0 Å². The minimum absolute atomic E-state index is 0.0672. The number of amides is 1. The highest BCUT2D eigenvalue weighted by Crippen LogP contribution is 2.29. The number of hydrogen-bond acceptors (Lipinski definition) is 4. The second kappa shape index (κ2) is 6.23. The first kappa shape index (κ1) is 14.6. The Morgan fingerprint density at radius 3 is 2.70 bits per heavy atom. The van der Waals surface area contributed by atoms with Crippen LogP contribution in [0.1, 0.15) is 10.4 Å². The van der Waals surface area contributed by atoms with Crippen molar-refractivity contribution in [2.45, 2.75) is 0 Å². The fourth-order valence-corrected chi connectivity index (χ4v) is 2.22. The molecule has 2 aromatic carbocycles. The normalized spacial score (nSPS) is 10.3. The summed E-state index contributed by atoms with van der Waals surface area (Å²) in [6.07, 6.45) is 1.46. The van der Waals surface area contributed by atoms with Gasteiger partial charge in [-0.3, -0.25) is 9.89 Å². The minimum Gasteiger partial charge on any atom is -0.506 e. The molecule has 3 N–H and O–H groups in total. The molecule has 1 aromatic heterocycles. The molecule has 0 aliphatic rings. The van der Waals surface area contributed by atoms with Gasteiger partial charge in [-0.1, -0.05) is 30.3 Å². The lowest BCUT2D eigenvalue weighted by Crippen LogP contribution is -2.12. The zero-order valence-corrected chi connectivity index (χ0v) is 12.4. The summed E-state index contributed by atoms with van der Waals surface area (Å²) in [5, 5.41) is 19.4. The molecule has 1 heterocycles. The van der Waals surface area contributed by atoms with E-state index in [-0.39, 0.29) is 11.7 Å². The van der Waals surface area contributed by atoms with E-state index in [1.54, 1.807) is 12.1 Å². The van der Waals surface area contributed by atoms with Crippen LogP contribution in [0.5, 0.6) is 11.5 Å². The molecule has 3 rings (SSSR count). The molecule has 1 amide bonds. The highest BCUT2D eigenvalue weighted by atomic mass is 16.5. The quantitative estimate of drug-likeness (QED) is 0.646. The van der Waals surface area contributed by atoms with E-state index in [9.17, 15) is 9.90 Å². The van der Waals surface area contributed by atoms with Crippen molar-refractivity contribution in [3.63, 3.8) is 0 Å². The van der Waals surface area contributed by atoms with E-state index in [1.165, 1.54) is 19.4 Å². The van der Waals surface area contributed by atoms with Gasteiger partial charge in [-0.25, -0.2) is 0 Å². The van der Waals surface area contributed by atoms with Crippen LogP contribution >= 0.6 is 0 Å². The van der Waals surface area contributed by atoms with Gasteiger partial charge in [-0.2, -0.15) is 5.10 Å². The molecule has 0 spiro atoms. The summed E-state index contributed by atoms with van der Waals surface area (Å²) in [6, 6.07) is 14.1. The number of aromatic nitrogens is 2. The maximum Gasteiger partial charge on any atom is 0.259 e. The van der Waals surface area contributed by atoms with Gasteiger partial charge in [0.05, 0.1) is 30.3 Å². The SMILES string of the molecule is COc1ccc(NC(=O)c2cn[nH]c2-c2ccccc2)c(O)c1. The fraction of sp³-hybridized carbons (Fsp3) is 0.0588. The predicted octanol–water partition coefficient (Wildman–Crippen LogP) is 3.04. The third-order valence-corrected chi connectivity index (χ3v) is 3.40. The average molecular weight is 309 g/mol. The van der Waals surface area contributed by atoms with Gasteiger partial charge < -0.3 is 15.2 Å². The molecule has 6 nitrogen and oxygen atoms in total. The number of hydrogen-bond donors (Lipinski definition) is 3. The number of nitrogens with zero attached hydrogens (tertiary/aromatic N) is 1. The van der Waals surface area contributed by atoms with Gasteiger partial charge in [-0.05, 0) is 12.1 Å². The monoisotopic (exact) mass is 309 g/mol. The molecular formula is C17H15N3O3. The smallest absolute Gasteiger partial charge is 0.259 e. The van der Waals surface area contributed by atoms with Crippen LogP contribution in [-0.4, -0.2) is 28.3 Å². The zero-order chi connectivity index (χ0) is 16.2. The Morgan fingerprint density at radius 1 is 1.22 bits per heavy atom. The van der Waals surface area contributed by atoms with E-state index in [0.29, 0.717) is 22.7 Å². The van der Waals surface area contributed by atoms with Crippen molar-refractivity contribution in [2.75, 3.05) is 12.4 Å². The maximum absolute atomic E-state index is 12.5. The van der Waals surface area contributed by atoms with Crippen LogP contribution in [-0.2, 0) is 0 Å². The summed E-state index contributed by atoms with van der Waals surface area (Å²) in [5.74, 6) is 0.0781. The molecule has 116 valence electrons. The largest absolute Gasteiger partial charge is 0.506 e. The molecule has 6 heteroatoms. The number of ether oxygens (including phenoxy) is 1. The van der Waals surface area contributed by atoms with E-state index in [1.807, 2.05) is 30.3 Å². The summed E-state index contributed by atoms with van der Waals surface area (Å²) in [5.41, 5.74) is 2.17. The molecule has 0 aliphatic carbocycles. The number of rotatable bonds is 4. The zero-order valence-electron chi connectivity index (χ0n) is 12.4. The lowest BCUT2D eigenvalue weighted by molar-refractivity contribution is 0.102. The van der Waals surface area contributed by atoms with Crippen molar-refractivity contribution in [1.82, 2.24) is 10.2 Å².